The Labute approximate surface area is 402 Å². The van der Waals surface area contributed by atoms with Crippen LogP contribution in [0, 0.1) is 0 Å². The van der Waals surface area contributed by atoms with Crippen LogP contribution in [0.15, 0.2) is 267 Å². The fourth-order valence-electron chi connectivity index (χ4n) is 10.9. The number of rotatable bonds is 8. The van der Waals surface area contributed by atoms with E-state index in [1.807, 2.05) is 0 Å². The van der Waals surface area contributed by atoms with E-state index in [2.05, 4.69) is 267 Å². The second-order valence-corrected chi connectivity index (χ2v) is 18.0. The maximum atomic E-state index is 5.36. The SMILES string of the molecule is c1ccc(-c2ccc(-c3nc(-c4ccc5ccccc5c4)cc(-c4ccc(-c5cccc(-c6ccc7c(c6)C(c6ccccc6)(c6ccccc6)c6ccccc6-7)c5)c5ccccc45)n3)cc2)cc1. The molecule has 0 aliphatic heterocycles. The molecule has 0 saturated carbocycles. The van der Waals surface area contributed by atoms with E-state index in [0.717, 1.165) is 44.6 Å². The van der Waals surface area contributed by atoms with Gasteiger partial charge < -0.3 is 0 Å². The Bertz CT molecular complexity index is 3840. The molecule has 2 nitrogen and oxygen atoms in total. The smallest absolute Gasteiger partial charge is 0.160 e. The molecule has 11 aromatic carbocycles. The van der Waals surface area contributed by atoms with Gasteiger partial charge in [-0.05, 0) is 113 Å². The molecule has 0 spiro atoms. The predicted molar refractivity (Wildman–Crippen MR) is 287 cm³/mol. The Morgan fingerprint density at radius 1 is 0.246 bits per heavy atom. The normalized spacial score (nSPS) is 12.5. The average Bonchev–Trinajstić information content (AvgIpc) is 3.73. The minimum Gasteiger partial charge on any atom is -0.228 e. The van der Waals surface area contributed by atoms with E-state index in [1.165, 1.54) is 71.8 Å². The molecule has 0 fully saturated rings. The molecule has 322 valence electrons. The number of nitrogens with zero attached hydrogens (tertiary/aromatic N) is 2. The van der Waals surface area contributed by atoms with Crippen LogP contribution >= 0.6 is 0 Å². The number of hydrogen-bond donors (Lipinski definition) is 0. The lowest BCUT2D eigenvalue weighted by atomic mass is 9.67. The summed E-state index contributed by atoms with van der Waals surface area (Å²) in [5, 5.41) is 4.69. The van der Waals surface area contributed by atoms with Gasteiger partial charge in [-0.25, -0.2) is 9.97 Å². The maximum absolute atomic E-state index is 5.36. The van der Waals surface area contributed by atoms with Crippen molar-refractivity contribution in [3.63, 3.8) is 0 Å². The lowest BCUT2D eigenvalue weighted by molar-refractivity contribution is 0.769. The van der Waals surface area contributed by atoms with Gasteiger partial charge in [0.2, 0.25) is 0 Å². The Morgan fingerprint density at radius 3 is 1.52 bits per heavy atom. The Kier molecular flexibility index (Phi) is 9.77. The van der Waals surface area contributed by atoms with Crippen LogP contribution in [-0.4, -0.2) is 9.97 Å². The van der Waals surface area contributed by atoms with Gasteiger partial charge in [-0.15, -0.1) is 0 Å². The van der Waals surface area contributed by atoms with Crippen molar-refractivity contribution in [1.82, 2.24) is 9.97 Å². The molecule has 0 unspecified atom stereocenters. The van der Waals surface area contributed by atoms with Gasteiger partial charge >= 0.3 is 0 Å². The summed E-state index contributed by atoms with van der Waals surface area (Å²) < 4.78 is 0. The van der Waals surface area contributed by atoms with Gasteiger partial charge in [-0.3, -0.25) is 0 Å². The van der Waals surface area contributed by atoms with Crippen molar-refractivity contribution in [1.29, 1.82) is 0 Å². The zero-order chi connectivity index (χ0) is 45.7. The summed E-state index contributed by atoms with van der Waals surface area (Å²) in [7, 11) is 0. The third-order valence-electron chi connectivity index (χ3n) is 14.2. The number of benzene rings is 11. The lowest BCUT2D eigenvalue weighted by Crippen LogP contribution is -2.28. The van der Waals surface area contributed by atoms with E-state index in [9.17, 15) is 0 Å². The average molecular weight is 877 g/mol. The highest BCUT2D eigenvalue weighted by atomic mass is 14.9. The van der Waals surface area contributed by atoms with Crippen LogP contribution in [0.5, 0.6) is 0 Å². The largest absolute Gasteiger partial charge is 0.228 e. The first-order chi connectivity index (χ1) is 34.2. The molecule has 1 aliphatic rings. The number of hydrogen-bond acceptors (Lipinski definition) is 2. The maximum Gasteiger partial charge on any atom is 0.160 e. The van der Waals surface area contributed by atoms with Gasteiger partial charge in [0.15, 0.2) is 5.82 Å². The first-order valence-electron chi connectivity index (χ1n) is 23.7. The van der Waals surface area contributed by atoms with Gasteiger partial charge in [0.1, 0.15) is 0 Å². The van der Waals surface area contributed by atoms with Crippen molar-refractivity contribution >= 4 is 21.5 Å². The minimum atomic E-state index is -0.464. The van der Waals surface area contributed by atoms with E-state index >= 15 is 0 Å². The van der Waals surface area contributed by atoms with Crippen LogP contribution in [0.2, 0.25) is 0 Å². The summed E-state index contributed by atoms with van der Waals surface area (Å²) in [6.45, 7) is 0. The molecule has 1 aliphatic carbocycles. The molecule has 12 aromatic rings. The zero-order valence-electron chi connectivity index (χ0n) is 37.8. The topological polar surface area (TPSA) is 25.8 Å². The Hall–Kier alpha value is -8.98. The van der Waals surface area contributed by atoms with Crippen LogP contribution in [-0.2, 0) is 5.41 Å². The summed E-state index contributed by atoms with van der Waals surface area (Å²) in [5.41, 5.74) is 19.1. The summed E-state index contributed by atoms with van der Waals surface area (Å²) in [4.78, 5) is 10.6. The summed E-state index contributed by atoms with van der Waals surface area (Å²) in [6.07, 6.45) is 0. The predicted octanol–water partition coefficient (Wildman–Crippen LogP) is 17.1. The van der Waals surface area contributed by atoms with Crippen LogP contribution in [0.1, 0.15) is 22.3 Å². The summed E-state index contributed by atoms with van der Waals surface area (Å²) in [6, 6.07) is 96.8. The van der Waals surface area contributed by atoms with Gasteiger partial charge in [0.25, 0.3) is 0 Å². The quantitative estimate of drug-likeness (QED) is 0.152. The van der Waals surface area contributed by atoms with Gasteiger partial charge in [-0.1, -0.05) is 243 Å². The molecule has 0 bridgehead atoms. The molecule has 0 amide bonds. The molecular formula is C67H44N2. The molecule has 2 heteroatoms. The molecule has 1 aromatic heterocycles. The molecule has 13 rings (SSSR count). The second kappa shape index (κ2) is 16.7. The van der Waals surface area contributed by atoms with Crippen molar-refractivity contribution < 1.29 is 0 Å². The van der Waals surface area contributed by atoms with Crippen molar-refractivity contribution in [3.05, 3.63) is 289 Å². The molecule has 0 radical (unpaired) electrons. The van der Waals surface area contributed by atoms with E-state index in [-0.39, 0.29) is 0 Å². The van der Waals surface area contributed by atoms with Crippen LogP contribution < -0.4 is 0 Å². The van der Waals surface area contributed by atoms with Crippen molar-refractivity contribution in [2.45, 2.75) is 5.41 Å². The highest BCUT2D eigenvalue weighted by Crippen LogP contribution is 2.56. The molecule has 0 N–H and O–H groups in total. The third kappa shape index (κ3) is 6.88. The monoisotopic (exact) mass is 876 g/mol. The molecular weight excluding hydrogens is 833 g/mol. The second-order valence-electron chi connectivity index (χ2n) is 18.0. The van der Waals surface area contributed by atoms with Gasteiger partial charge in [0, 0.05) is 16.7 Å². The van der Waals surface area contributed by atoms with Crippen LogP contribution in [0.3, 0.4) is 0 Å². The minimum absolute atomic E-state index is 0.464. The van der Waals surface area contributed by atoms with Gasteiger partial charge in [-0.2, -0.15) is 0 Å². The molecule has 1 heterocycles. The highest BCUT2D eigenvalue weighted by molar-refractivity contribution is 6.05. The Morgan fingerprint density at radius 2 is 0.754 bits per heavy atom. The van der Waals surface area contributed by atoms with Crippen molar-refractivity contribution in [2.24, 2.45) is 0 Å². The molecule has 0 saturated heterocycles. The third-order valence-corrected chi connectivity index (χ3v) is 14.2. The number of aromatic nitrogens is 2. The fraction of sp³-hybridized carbons (Fsp3) is 0.0149. The first kappa shape index (κ1) is 40.3. The zero-order valence-corrected chi connectivity index (χ0v) is 37.8. The van der Waals surface area contributed by atoms with Crippen LogP contribution in [0.4, 0.5) is 0 Å². The standard InChI is InChI=1S/C67H44N2/c1-4-17-45(18-5-1)47-31-34-48(35-32-47)66-68-64(53-36-33-46-19-10-11-20-49(46)42-53)44-65(69-66)61-40-39-56(57-27-12-13-28-58(57)61)52-22-16-21-50(41-52)51-37-38-60-59-29-14-15-30-62(59)67(63(60)43-51,54-23-6-2-7-24-54)55-25-8-3-9-26-55/h1-44H. The van der Waals surface area contributed by atoms with Crippen LogP contribution in [0.25, 0.3) is 100.0 Å². The highest BCUT2D eigenvalue weighted by Gasteiger charge is 2.46. The van der Waals surface area contributed by atoms with E-state index in [0.29, 0.717) is 5.82 Å². The van der Waals surface area contributed by atoms with Crippen molar-refractivity contribution in [3.8, 4) is 78.4 Å². The fourth-order valence-corrected chi connectivity index (χ4v) is 10.9. The van der Waals surface area contributed by atoms with Crippen molar-refractivity contribution in [2.75, 3.05) is 0 Å². The summed E-state index contributed by atoms with van der Waals surface area (Å²) >= 11 is 0. The molecule has 69 heavy (non-hydrogen) atoms. The van der Waals surface area contributed by atoms with E-state index < -0.39 is 5.41 Å². The first-order valence-corrected chi connectivity index (χ1v) is 23.7. The Balaban J connectivity index is 0.930. The summed E-state index contributed by atoms with van der Waals surface area (Å²) in [5.74, 6) is 0.692. The number of fused-ring (bicyclic) bond motifs is 5. The van der Waals surface area contributed by atoms with E-state index in [1.54, 1.807) is 0 Å². The van der Waals surface area contributed by atoms with Gasteiger partial charge in [0.05, 0.1) is 16.8 Å². The van der Waals surface area contributed by atoms with E-state index in [4.69, 9.17) is 9.97 Å². The molecule has 0 atom stereocenters. The lowest BCUT2D eigenvalue weighted by Gasteiger charge is -2.34.